The smallest absolute Gasteiger partial charge is 0.338 e. The number of hydrogen-bond acceptors (Lipinski definition) is 8. The molecular formula is C19H16N6O3. The van der Waals surface area contributed by atoms with Crippen LogP contribution in [0.15, 0.2) is 59.3 Å². The van der Waals surface area contributed by atoms with E-state index in [1.165, 1.54) is 11.0 Å². The van der Waals surface area contributed by atoms with E-state index in [2.05, 4.69) is 25.7 Å². The van der Waals surface area contributed by atoms with E-state index in [-0.39, 0.29) is 5.89 Å². The molecule has 2 heterocycles. The molecule has 0 saturated heterocycles. The van der Waals surface area contributed by atoms with E-state index in [4.69, 9.17) is 9.15 Å². The standard InChI is InChI=1S/C19H16N6O3/c1-12-3-5-14(6-4-12)18-22-21-17(28-18)13(2)27-19(26)15-7-9-16(10-8-15)25-11-20-23-24-25/h3-11,13H,1-2H3/t13-/m0/s1. The molecule has 0 fully saturated rings. The number of tetrazole rings is 1. The SMILES string of the molecule is Cc1ccc(-c2nnc([C@H](C)OC(=O)c3ccc(-n4cnnn4)cc3)o2)cc1. The van der Waals surface area contributed by atoms with Gasteiger partial charge in [0.2, 0.25) is 5.89 Å². The lowest BCUT2D eigenvalue weighted by Crippen LogP contribution is -2.09. The monoisotopic (exact) mass is 376 g/mol. The Kier molecular flexibility index (Phi) is 4.63. The van der Waals surface area contributed by atoms with Crippen LogP contribution in [0.25, 0.3) is 17.1 Å². The van der Waals surface area contributed by atoms with Crippen molar-refractivity contribution >= 4 is 5.97 Å². The second-order valence-electron chi connectivity index (χ2n) is 6.16. The van der Waals surface area contributed by atoms with Crippen LogP contribution in [0, 0.1) is 6.92 Å². The van der Waals surface area contributed by atoms with Crippen LogP contribution < -0.4 is 0 Å². The van der Waals surface area contributed by atoms with Crippen LogP contribution in [0.2, 0.25) is 0 Å². The van der Waals surface area contributed by atoms with Gasteiger partial charge in [-0.3, -0.25) is 0 Å². The van der Waals surface area contributed by atoms with Crippen LogP contribution in [0.5, 0.6) is 0 Å². The Balaban J connectivity index is 1.44. The van der Waals surface area contributed by atoms with Gasteiger partial charge in [0.1, 0.15) is 6.33 Å². The van der Waals surface area contributed by atoms with Crippen molar-refractivity contribution < 1.29 is 13.9 Å². The molecule has 0 N–H and O–H groups in total. The van der Waals surface area contributed by atoms with Gasteiger partial charge in [-0.1, -0.05) is 17.7 Å². The van der Waals surface area contributed by atoms with Crippen LogP contribution in [-0.2, 0) is 4.74 Å². The van der Waals surface area contributed by atoms with E-state index in [9.17, 15) is 4.79 Å². The molecule has 0 saturated carbocycles. The summed E-state index contributed by atoms with van der Waals surface area (Å²) in [7, 11) is 0. The molecule has 4 rings (SSSR count). The highest BCUT2D eigenvalue weighted by Crippen LogP contribution is 2.23. The van der Waals surface area contributed by atoms with Crippen molar-refractivity contribution in [1.29, 1.82) is 0 Å². The summed E-state index contributed by atoms with van der Waals surface area (Å²) in [4.78, 5) is 12.4. The molecule has 9 heteroatoms. The molecule has 9 nitrogen and oxygen atoms in total. The molecule has 2 aromatic heterocycles. The summed E-state index contributed by atoms with van der Waals surface area (Å²) in [5.74, 6) is 0.115. The first-order valence-electron chi connectivity index (χ1n) is 8.55. The van der Waals surface area contributed by atoms with Crippen molar-refractivity contribution in [3.63, 3.8) is 0 Å². The van der Waals surface area contributed by atoms with Gasteiger partial charge in [0.05, 0.1) is 11.3 Å². The normalized spacial score (nSPS) is 11.9. The summed E-state index contributed by atoms with van der Waals surface area (Å²) in [6, 6.07) is 14.4. The van der Waals surface area contributed by atoms with Gasteiger partial charge in [0.25, 0.3) is 5.89 Å². The van der Waals surface area contributed by atoms with Crippen molar-refractivity contribution in [3.05, 3.63) is 71.9 Å². The number of carbonyl (C=O) groups is 1. The Bertz CT molecular complexity index is 1070. The third-order valence-electron chi connectivity index (χ3n) is 4.09. The first-order chi connectivity index (χ1) is 13.6. The minimum absolute atomic E-state index is 0.231. The number of carbonyl (C=O) groups excluding carboxylic acids is 1. The highest BCUT2D eigenvalue weighted by molar-refractivity contribution is 5.89. The number of esters is 1. The van der Waals surface area contributed by atoms with Crippen LogP contribution in [0.1, 0.15) is 34.8 Å². The van der Waals surface area contributed by atoms with Gasteiger partial charge >= 0.3 is 5.97 Å². The van der Waals surface area contributed by atoms with Crippen LogP contribution in [-0.4, -0.2) is 36.4 Å². The first kappa shape index (κ1) is 17.5. The van der Waals surface area contributed by atoms with E-state index in [0.29, 0.717) is 11.5 Å². The average Bonchev–Trinajstić information content (AvgIpc) is 3.41. The zero-order valence-corrected chi connectivity index (χ0v) is 15.2. The fraction of sp³-hybridized carbons (Fsp3) is 0.158. The van der Waals surface area contributed by atoms with E-state index in [1.807, 2.05) is 31.2 Å². The molecular weight excluding hydrogens is 360 g/mol. The third-order valence-corrected chi connectivity index (χ3v) is 4.09. The second kappa shape index (κ2) is 7.39. The molecule has 2 aromatic carbocycles. The van der Waals surface area contributed by atoms with Gasteiger partial charge in [-0.2, -0.15) is 0 Å². The Hall–Kier alpha value is -3.88. The first-order valence-corrected chi connectivity index (χ1v) is 8.55. The molecule has 0 radical (unpaired) electrons. The fourth-order valence-corrected chi connectivity index (χ4v) is 2.52. The summed E-state index contributed by atoms with van der Waals surface area (Å²) in [6.45, 7) is 3.68. The Morgan fingerprint density at radius 3 is 2.50 bits per heavy atom. The Morgan fingerprint density at radius 2 is 1.82 bits per heavy atom. The largest absolute Gasteiger partial charge is 0.449 e. The predicted molar refractivity (Wildman–Crippen MR) is 97.5 cm³/mol. The molecule has 1 atom stereocenters. The zero-order chi connectivity index (χ0) is 19.5. The quantitative estimate of drug-likeness (QED) is 0.489. The van der Waals surface area contributed by atoms with Crippen molar-refractivity contribution in [2.24, 2.45) is 0 Å². The summed E-state index contributed by atoms with van der Waals surface area (Å²) in [5.41, 5.74) is 3.06. The van der Waals surface area contributed by atoms with Crippen LogP contribution in [0.3, 0.4) is 0 Å². The van der Waals surface area contributed by atoms with E-state index in [1.54, 1.807) is 31.2 Å². The summed E-state index contributed by atoms with van der Waals surface area (Å²) in [5, 5.41) is 19.0. The molecule has 4 aromatic rings. The van der Waals surface area contributed by atoms with Crippen LogP contribution in [0.4, 0.5) is 0 Å². The molecule has 0 spiro atoms. The topological polar surface area (TPSA) is 109 Å². The lowest BCUT2D eigenvalue weighted by molar-refractivity contribution is 0.0280. The second-order valence-corrected chi connectivity index (χ2v) is 6.16. The summed E-state index contributed by atoms with van der Waals surface area (Å²) in [6.07, 6.45) is 0.787. The fourth-order valence-electron chi connectivity index (χ4n) is 2.52. The molecule has 0 unspecified atom stereocenters. The van der Waals surface area contributed by atoms with Gasteiger partial charge in [0.15, 0.2) is 6.10 Å². The van der Waals surface area contributed by atoms with Crippen molar-refractivity contribution in [2.45, 2.75) is 20.0 Å². The highest BCUT2D eigenvalue weighted by Gasteiger charge is 2.20. The van der Waals surface area contributed by atoms with Gasteiger partial charge in [0, 0.05) is 5.56 Å². The van der Waals surface area contributed by atoms with E-state index < -0.39 is 12.1 Å². The highest BCUT2D eigenvalue weighted by atomic mass is 16.6. The maximum atomic E-state index is 12.4. The van der Waals surface area contributed by atoms with Gasteiger partial charge in [-0.15, -0.1) is 15.3 Å². The van der Waals surface area contributed by atoms with Crippen molar-refractivity contribution in [1.82, 2.24) is 30.4 Å². The number of ether oxygens (including phenoxy) is 1. The lowest BCUT2D eigenvalue weighted by atomic mass is 10.1. The summed E-state index contributed by atoms with van der Waals surface area (Å²) < 4.78 is 12.6. The molecule has 0 aliphatic heterocycles. The number of aryl methyl sites for hydroxylation is 1. The molecule has 0 amide bonds. The third kappa shape index (κ3) is 3.63. The van der Waals surface area contributed by atoms with Gasteiger partial charge in [-0.05, 0) is 60.7 Å². The lowest BCUT2D eigenvalue weighted by Gasteiger charge is -2.09. The number of benzene rings is 2. The molecule has 0 aliphatic rings. The summed E-state index contributed by atoms with van der Waals surface area (Å²) >= 11 is 0. The number of hydrogen-bond donors (Lipinski definition) is 0. The van der Waals surface area contributed by atoms with E-state index in [0.717, 1.165) is 16.8 Å². The molecule has 140 valence electrons. The Labute approximate surface area is 160 Å². The van der Waals surface area contributed by atoms with Crippen molar-refractivity contribution in [3.8, 4) is 17.1 Å². The van der Waals surface area contributed by atoms with Crippen LogP contribution >= 0.6 is 0 Å². The molecule has 28 heavy (non-hydrogen) atoms. The predicted octanol–water partition coefficient (Wildman–Crippen LogP) is 2.94. The molecule has 0 aliphatic carbocycles. The van der Waals surface area contributed by atoms with Crippen molar-refractivity contribution in [2.75, 3.05) is 0 Å². The maximum absolute atomic E-state index is 12.4. The number of nitrogens with zero attached hydrogens (tertiary/aromatic N) is 6. The Morgan fingerprint density at radius 1 is 1.07 bits per heavy atom. The molecule has 0 bridgehead atoms. The number of aromatic nitrogens is 6. The van der Waals surface area contributed by atoms with Gasteiger partial charge in [-0.25, -0.2) is 9.48 Å². The zero-order valence-electron chi connectivity index (χ0n) is 15.2. The van der Waals surface area contributed by atoms with Gasteiger partial charge < -0.3 is 9.15 Å². The van der Waals surface area contributed by atoms with E-state index >= 15 is 0 Å². The maximum Gasteiger partial charge on any atom is 0.338 e. The average molecular weight is 376 g/mol. The number of rotatable bonds is 5. The minimum Gasteiger partial charge on any atom is -0.449 e. The minimum atomic E-state index is -0.682.